The van der Waals surface area contributed by atoms with Gasteiger partial charge in [0.1, 0.15) is 17.3 Å². The Bertz CT molecular complexity index is 394. The van der Waals surface area contributed by atoms with Crippen molar-refractivity contribution in [2.75, 3.05) is 11.9 Å². The normalized spacial score (nSPS) is 12.2. The number of nitrogens with two attached hydrogens (primary N) is 1. The van der Waals surface area contributed by atoms with Crippen LogP contribution < -0.4 is 11.1 Å². The molecule has 0 spiro atoms. The number of hydrogen-bond donors (Lipinski definition) is 2. The van der Waals surface area contributed by atoms with E-state index in [2.05, 4.69) is 22.2 Å². The standard InChI is InChI=1S/C13H21ClN4O/c1-2-3-10(6-7-15)4-5-13(19)18-12-8-11(14)16-9-17-12/h8-10H,2-7,15H2,1H3,(H,16,17,18,19). The van der Waals surface area contributed by atoms with Gasteiger partial charge in [-0.2, -0.15) is 0 Å². The molecular weight excluding hydrogens is 264 g/mol. The minimum Gasteiger partial charge on any atom is -0.330 e. The summed E-state index contributed by atoms with van der Waals surface area (Å²) in [6, 6.07) is 1.53. The summed E-state index contributed by atoms with van der Waals surface area (Å²) in [5, 5.41) is 3.03. The number of carbonyl (C=O) groups excluding carboxylic acids is 1. The van der Waals surface area contributed by atoms with Crippen LogP contribution in [0.15, 0.2) is 12.4 Å². The first-order chi connectivity index (χ1) is 9.15. The Labute approximate surface area is 119 Å². The molecule has 0 aliphatic heterocycles. The Morgan fingerprint density at radius 3 is 2.84 bits per heavy atom. The van der Waals surface area contributed by atoms with Crippen molar-refractivity contribution in [3.8, 4) is 0 Å². The van der Waals surface area contributed by atoms with Gasteiger partial charge in [-0.05, 0) is 25.3 Å². The van der Waals surface area contributed by atoms with Crippen LogP contribution in [0.5, 0.6) is 0 Å². The highest BCUT2D eigenvalue weighted by Crippen LogP contribution is 2.17. The maximum Gasteiger partial charge on any atom is 0.225 e. The minimum atomic E-state index is -0.0482. The van der Waals surface area contributed by atoms with Crippen molar-refractivity contribution in [3.05, 3.63) is 17.5 Å². The summed E-state index contributed by atoms with van der Waals surface area (Å²) in [7, 11) is 0. The Balaban J connectivity index is 2.38. The third-order valence-corrected chi connectivity index (χ3v) is 3.16. The van der Waals surface area contributed by atoms with Gasteiger partial charge in [0.25, 0.3) is 0 Å². The van der Waals surface area contributed by atoms with E-state index in [0.717, 1.165) is 25.7 Å². The second-order valence-corrected chi connectivity index (χ2v) is 4.93. The number of nitrogens with one attached hydrogen (secondary N) is 1. The number of carbonyl (C=O) groups is 1. The fourth-order valence-electron chi connectivity index (χ4n) is 2.02. The molecule has 1 rings (SSSR count). The highest BCUT2D eigenvalue weighted by Gasteiger charge is 2.10. The van der Waals surface area contributed by atoms with E-state index in [-0.39, 0.29) is 5.91 Å². The molecule has 1 aromatic heterocycles. The molecular formula is C13H21ClN4O. The molecule has 0 bridgehead atoms. The predicted octanol–water partition coefficient (Wildman–Crippen LogP) is 2.61. The van der Waals surface area contributed by atoms with Crippen LogP contribution in [0, 0.1) is 5.92 Å². The highest BCUT2D eigenvalue weighted by atomic mass is 35.5. The number of nitrogens with zero attached hydrogens (tertiary/aromatic N) is 2. The molecule has 0 saturated heterocycles. The van der Waals surface area contributed by atoms with Gasteiger partial charge in [-0.25, -0.2) is 9.97 Å². The summed E-state index contributed by atoms with van der Waals surface area (Å²) in [6.07, 6.45) is 5.87. The summed E-state index contributed by atoms with van der Waals surface area (Å²) in [5.41, 5.74) is 5.57. The molecule has 0 saturated carbocycles. The first kappa shape index (κ1) is 15.9. The lowest BCUT2D eigenvalue weighted by atomic mass is 9.94. The number of rotatable bonds is 8. The first-order valence-corrected chi connectivity index (χ1v) is 7.01. The Morgan fingerprint density at radius 1 is 1.42 bits per heavy atom. The third-order valence-electron chi connectivity index (χ3n) is 2.95. The summed E-state index contributed by atoms with van der Waals surface area (Å²) in [6.45, 7) is 2.82. The van der Waals surface area contributed by atoms with E-state index in [1.165, 1.54) is 12.4 Å². The van der Waals surface area contributed by atoms with Gasteiger partial charge in [0, 0.05) is 12.5 Å². The lowest BCUT2D eigenvalue weighted by Gasteiger charge is -2.14. The molecule has 6 heteroatoms. The molecule has 1 atom stereocenters. The average molecular weight is 285 g/mol. The Morgan fingerprint density at radius 2 is 2.21 bits per heavy atom. The van der Waals surface area contributed by atoms with Gasteiger partial charge in [-0.1, -0.05) is 31.4 Å². The van der Waals surface area contributed by atoms with Crippen molar-refractivity contribution in [1.29, 1.82) is 0 Å². The lowest BCUT2D eigenvalue weighted by Crippen LogP contribution is -2.16. The quantitative estimate of drug-likeness (QED) is 0.719. The minimum absolute atomic E-state index is 0.0482. The number of amides is 1. The van der Waals surface area contributed by atoms with Gasteiger partial charge in [0.05, 0.1) is 0 Å². The molecule has 0 radical (unpaired) electrons. The Hall–Kier alpha value is -1.20. The topological polar surface area (TPSA) is 80.9 Å². The first-order valence-electron chi connectivity index (χ1n) is 6.63. The van der Waals surface area contributed by atoms with Crippen molar-refractivity contribution >= 4 is 23.3 Å². The number of hydrogen-bond acceptors (Lipinski definition) is 4. The van der Waals surface area contributed by atoms with Crippen molar-refractivity contribution in [1.82, 2.24) is 9.97 Å². The molecule has 1 aromatic rings. The van der Waals surface area contributed by atoms with E-state index in [4.69, 9.17) is 17.3 Å². The van der Waals surface area contributed by atoms with Gasteiger partial charge in [0.15, 0.2) is 0 Å². The number of aromatic nitrogens is 2. The van der Waals surface area contributed by atoms with Gasteiger partial charge in [-0.3, -0.25) is 4.79 Å². The zero-order valence-electron chi connectivity index (χ0n) is 11.2. The molecule has 1 unspecified atom stereocenters. The molecule has 0 aliphatic carbocycles. The molecule has 0 fully saturated rings. The molecule has 1 heterocycles. The fraction of sp³-hybridized carbons (Fsp3) is 0.615. The van der Waals surface area contributed by atoms with Crippen molar-refractivity contribution < 1.29 is 4.79 Å². The van der Waals surface area contributed by atoms with Crippen LogP contribution >= 0.6 is 11.6 Å². The molecule has 0 aliphatic rings. The number of halogens is 1. The summed E-state index contributed by atoms with van der Waals surface area (Å²) >= 11 is 5.72. The molecule has 1 amide bonds. The second kappa shape index (κ2) is 8.82. The van der Waals surface area contributed by atoms with Crippen molar-refractivity contribution in [2.45, 2.75) is 39.0 Å². The van der Waals surface area contributed by atoms with Crippen LogP contribution in [-0.2, 0) is 4.79 Å². The summed E-state index contributed by atoms with van der Waals surface area (Å²) < 4.78 is 0. The van der Waals surface area contributed by atoms with Crippen molar-refractivity contribution in [3.63, 3.8) is 0 Å². The van der Waals surface area contributed by atoms with Crippen LogP contribution in [0.1, 0.15) is 39.0 Å². The average Bonchev–Trinajstić information content (AvgIpc) is 2.36. The SMILES string of the molecule is CCCC(CCN)CCC(=O)Nc1cc(Cl)ncn1. The predicted molar refractivity (Wildman–Crippen MR) is 77.0 cm³/mol. The summed E-state index contributed by atoms with van der Waals surface area (Å²) in [4.78, 5) is 19.5. The van der Waals surface area contributed by atoms with Crippen LogP contribution in [0.4, 0.5) is 5.82 Å². The van der Waals surface area contributed by atoms with Crippen molar-refractivity contribution in [2.24, 2.45) is 11.7 Å². The smallest absolute Gasteiger partial charge is 0.225 e. The molecule has 19 heavy (non-hydrogen) atoms. The van der Waals surface area contributed by atoms with E-state index in [0.29, 0.717) is 29.9 Å². The van der Waals surface area contributed by atoms with E-state index in [9.17, 15) is 4.79 Å². The zero-order valence-corrected chi connectivity index (χ0v) is 12.0. The lowest BCUT2D eigenvalue weighted by molar-refractivity contribution is -0.116. The zero-order chi connectivity index (χ0) is 14.1. The second-order valence-electron chi connectivity index (χ2n) is 4.54. The third kappa shape index (κ3) is 6.50. The maximum absolute atomic E-state index is 11.8. The van der Waals surface area contributed by atoms with E-state index in [1.54, 1.807) is 0 Å². The van der Waals surface area contributed by atoms with Gasteiger partial charge < -0.3 is 11.1 Å². The van der Waals surface area contributed by atoms with Gasteiger partial charge in [-0.15, -0.1) is 0 Å². The van der Waals surface area contributed by atoms with Crippen LogP contribution in [0.3, 0.4) is 0 Å². The molecule has 3 N–H and O–H groups in total. The molecule has 0 aromatic carbocycles. The van der Waals surface area contributed by atoms with Crippen LogP contribution in [-0.4, -0.2) is 22.4 Å². The van der Waals surface area contributed by atoms with Gasteiger partial charge in [0.2, 0.25) is 5.91 Å². The Kier molecular flexibility index (Phi) is 7.36. The van der Waals surface area contributed by atoms with Crippen LogP contribution in [0.2, 0.25) is 5.15 Å². The maximum atomic E-state index is 11.8. The van der Waals surface area contributed by atoms with E-state index in [1.807, 2.05) is 0 Å². The number of anilines is 1. The summed E-state index contributed by atoms with van der Waals surface area (Å²) in [5.74, 6) is 0.915. The largest absolute Gasteiger partial charge is 0.330 e. The molecule has 5 nitrogen and oxygen atoms in total. The highest BCUT2D eigenvalue weighted by molar-refractivity contribution is 6.29. The van der Waals surface area contributed by atoms with E-state index >= 15 is 0 Å². The monoisotopic (exact) mass is 284 g/mol. The van der Waals surface area contributed by atoms with Gasteiger partial charge >= 0.3 is 0 Å². The fourth-order valence-corrected chi connectivity index (χ4v) is 2.17. The van der Waals surface area contributed by atoms with Crippen LogP contribution in [0.25, 0.3) is 0 Å². The molecule has 106 valence electrons. The van der Waals surface area contributed by atoms with E-state index < -0.39 is 0 Å².